The molecule has 1 aliphatic rings. The van der Waals surface area contributed by atoms with Gasteiger partial charge in [0, 0.05) is 45.9 Å². The van der Waals surface area contributed by atoms with E-state index in [0.29, 0.717) is 37.9 Å². The van der Waals surface area contributed by atoms with E-state index in [-0.39, 0.29) is 6.03 Å². The lowest BCUT2D eigenvalue weighted by atomic mass is 10.1. The van der Waals surface area contributed by atoms with Gasteiger partial charge in [0.25, 0.3) is 0 Å². The smallest absolute Gasteiger partial charge is 0.321 e. The van der Waals surface area contributed by atoms with Crippen molar-refractivity contribution in [2.75, 3.05) is 66.0 Å². The Kier molecular flexibility index (Phi) is 8.31. The number of hydrogen-bond donors (Lipinski definition) is 1. The number of carbonyl (C=O) groups is 1. The molecule has 2 heterocycles. The second kappa shape index (κ2) is 11.4. The highest BCUT2D eigenvalue weighted by atomic mass is 16.5. The van der Waals surface area contributed by atoms with Gasteiger partial charge in [0.05, 0.1) is 32.7 Å². The van der Waals surface area contributed by atoms with Crippen molar-refractivity contribution in [1.82, 2.24) is 14.8 Å². The van der Waals surface area contributed by atoms with Crippen LogP contribution in [0.5, 0.6) is 17.4 Å². The molecule has 1 aromatic carbocycles. The van der Waals surface area contributed by atoms with Gasteiger partial charge >= 0.3 is 6.03 Å². The van der Waals surface area contributed by atoms with Crippen LogP contribution in [0.15, 0.2) is 36.5 Å². The van der Waals surface area contributed by atoms with E-state index >= 15 is 0 Å². The quantitative estimate of drug-likeness (QED) is 0.612. The summed E-state index contributed by atoms with van der Waals surface area (Å²) in [5.74, 6) is 1.94. The van der Waals surface area contributed by atoms with Crippen LogP contribution in [0.1, 0.15) is 5.56 Å². The number of rotatable bonds is 9. The molecule has 0 radical (unpaired) electrons. The first-order chi connectivity index (χ1) is 15.1. The third-order valence-electron chi connectivity index (χ3n) is 5.04. The van der Waals surface area contributed by atoms with Crippen LogP contribution in [0.25, 0.3) is 0 Å². The van der Waals surface area contributed by atoms with Crippen LogP contribution < -0.4 is 19.5 Å². The number of aromatic nitrogens is 1. The van der Waals surface area contributed by atoms with Crippen LogP contribution >= 0.6 is 0 Å². The molecule has 0 unspecified atom stereocenters. The summed E-state index contributed by atoms with van der Waals surface area (Å²) < 4.78 is 21.0. The topological polar surface area (TPSA) is 85.4 Å². The number of urea groups is 1. The predicted molar refractivity (Wildman–Crippen MR) is 117 cm³/mol. The lowest BCUT2D eigenvalue weighted by Gasteiger charge is -2.34. The number of amides is 2. The van der Waals surface area contributed by atoms with E-state index in [1.165, 1.54) is 0 Å². The monoisotopic (exact) mass is 430 g/mol. The molecule has 1 N–H and O–H groups in total. The average molecular weight is 431 g/mol. The van der Waals surface area contributed by atoms with Crippen LogP contribution in [-0.4, -0.2) is 81.5 Å². The number of piperazine rings is 1. The molecule has 2 aromatic rings. The highest BCUT2D eigenvalue weighted by Gasteiger charge is 2.21. The number of benzene rings is 1. The van der Waals surface area contributed by atoms with Gasteiger partial charge in [0.1, 0.15) is 6.61 Å². The summed E-state index contributed by atoms with van der Waals surface area (Å²) in [6, 6.07) is 9.33. The van der Waals surface area contributed by atoms with E-state index in [9.17, 15) is 4.79 Å². The molecule has 1 saturated heterocycles. The maximum absolute atomic E-state index is 12.6. The normalized spacial score (nSPS) is 14.2. The van der Waals surface area contributed by atoms with Gasteiger partial charge in [-0.25, -0.2) is 9.78 Å². The fourth-order valence-electron chi connectivity index (χ4n) is 3.32. The van der Waals surface area contributed by atoms with Crippen molar-refractivity contribution in [3.8, 4) is 17.4 Å². The first-order valence-electron chi connectivity index (χ1n) is 10.2. The standard InChI is InChI=1S/C22H30N4O5/c1-28-12-13-31-21-7-5-18(15-23-21)24-22(27)26-10-8-25(9-11-26)16-17-4-6-19(29-2)20(14-17)30-3/h4-7,14-15H,8-13,16H2,1-3H3,(H,24,27). The Hall–Kier alpha value is -3.04. The molecule has 31 heavy (non-hydrogen) atoms. The van der Waals surface area contributed by atoms with Crippen molar-refractivity contribution in [1.29, 1.82) is 0 Å². The maximum Gasteiger partial charge on any atom is 0.321 e. The zero-order chi connectivity index (χ0) is 22.1. The number of hydrogen-bond acceptors (Lipinski definition) is 7. The molecule has 1 aromatic heterocycles. The second-order valence-corrected chi connectivity index (χ2v) is 7.11. The van der Waals surface area contributed by atoms with Gasteiger partial charge in [-0.05, 0) is 23.8 Å². The van der Waals surface area contributed by atoms with Crippen LogP contribution in [0.3, 0.4) is 0 Å². The number of anilines is 1. The molecule has 0 aliphatic carbocycles. The van der Waals surface area contributed by atoms with Crippen molar-refractivity contribution in [2.45, 2.75) is 6.54 Å². The summed E-state index contributed by atoms with van der Waals surface area (Å²) in [6.45, 7) is 4.64. The highest BCUT2D eigenvalue weighted by Crippen LogP contribution is 2.28. The Morgan fingerprint density at radius 1 is 1.00 bits per heavy atom. The molecule has 0 saturated carbocycles. The molecule has 9 heteroatoms. The number of nitrogens with zero attached hydrogens (tertiary/aromatic N) is 3. The van der Waals surface area contributed by atoms with E-state index in [0.717, 1.165) is 36.7 Å². The van der Waals surface area contributed by atoms with Crippen molar-refractivity contribution in [3.63, 3.8) is 0 Å². The fourth-order valence-corrected chi connectivity index (χ4v) is 3.32. The molecule has 0 bridgehead atoms. The molecule has 1 aliphatic heterocycles. The lowest BCUT2D eigenvalue weighted by Crippen LogP contribution is -2.49. The molecule has 9 nitrogen and oxygen atoms in total. The van der Waals surface area contributed by atoms with Crippen LogP contribution in [0, 0.1) is 0 Å². The molecule has 0 atom stereocenters. The Morgan fingerprint density at radius 2 is 1.77 bits per heavy atom. The fraction of sp³-hybridized carbons (Fsp3) is 0.455. The summed E-state index contributed by atoms with van der Waals surface area (Å²) in [4.78, 5) is 20.9. The molecular weight excluding hydrogens is 400 g/mol. The number of carbonyl (C=O) groups excluding carboxylic acids is 1. The Bertz CT molecular complexity index is 838. The minimum atomic E-state index is -0.124. The van der Waals surface area contributed by atoms with Gasteiger partial charge < -0.3 is 29.2 Å². The van der Waals surface area contributed by atoms with E-state index in [2.05, 4.69) is 15.2 Å². The first kappa shape index (κ1) is 22.6. The van der Waals surface area contributed by atoms with E-state index in [1.54, 1.807) is 39.7 Å². The number of methoxy groups -OCH3 is 3. The average Bonchev–Trinajstić information content (AvgIpc) is 2.80. The van der Waals surface area contributed by atoms with Crippen molar-refractivity contribution in [3.05, 3.63) is 42.1 Å². The summed E-state index contributed by atoms with van der Waals surface area (Å²) in [5.41, 5.74) is 1.78. The number of ether oxygens (including phenoxy) is 4. The van der Waals surface area contributed by atoms with Crippen LogP contribution in [0.4, 0.5) is 10.5 Å². The molecule has 3 rings (SSSR count). The summed E-state index contributed by atoms with van der Waals surface area (Å²) in [5, 5.41) is 2.89. The Labute approximate surface area is 182 Å². The van der Waals surface area contributed by atoms with Gasteiger partial charge in [-0.15, -0.1) is 0 Å². The zero-order valence-corrected chi connectivity index (χ0v) is 18.3. The summed E-state index contributed by atoms with van der Waals surface area (Å²) in [7, 11) is 4.88. The van der Waals surface area contributed by atoms with Gasteiger partial charge in [-0.2, -0.15) is 0 Å². The lowest BCUT2D eigenvalue weighted by molar-refractivity contribution is 0.142. The molecule has 1 fully saturated rings. The maximum atomic E-state index is 12.6. The first-order valence-corrected chi connectivity index (χ1v) is 10.2. The minimum Gasteiger partial charge on any atom is -0.493 e. The number of nitrogens with one attached hydrogen (secondary N) is 1. The number of pyridine rings is 1. The van der Waals surface area contributed by atoms with Gasteiger partial charge in [0.2, 0.25) is 5.88 Å². The van der Waals surface area contributed by atoms with E-state index < -0.39 is 0 Å². The van der Waals surface area contributed by atoms with Crippen LogP contribution in [0.2, 0.25) is 0 Å². The van der Waals surface area contributed by atoms with E-state index in [4.69, 9.17) is 18.9 Å². The molecule has 0 spiro atoms. The summed E-state index contributed by atoms with van der Waals surface area (Å²) >= 11 is 0. The zero-order valence-electron chi connectivity index (χ0n) is 18.3. The third-order valence-corrected chi connectivity index (χ3v) is 5.04. The second-order valence-electron chi connectivity index (χ2n) is 7.11. The largest absolute Gasteiger partial charge is 0.493 e. The third kappa shape index (κ3) is 6.47. The Morgan fingerprint density at radius 3 is 2.42 bits per heavy atom. The minimum absolute atomic E-state index is 0.124. The van der Waals surface area contributed by atoms with Crippen molar-refractivity contribution >= 4 is 11.7 Å². The van der Waals surface area contributed by atoms with Crippen LogP contribution in [-0.2, 0) is 11.3 Å². The van der Waals surface area contributed by atoms with Crippen molar-refractivity contribution in [2.24, 2.45) is 0 Å². The molecule has 2 amide bonds. The molecule has 168 valence electrons. The van der Waals surface area contributed by atoms with Gasteiger partial charge in [0.15, 0.2) is 11.5 Å². The Balaban J connectivity index is 1.45. The van der Waals surface area contributed by atoms with E-state index in [1.807, 2.05) is 23.1 Å². The van der Waals surface area contributed by atoms with Crippen molar-refractivity contribution < 1.29 is 23.7 Å². The van der Waals surface area contributed by atoms with Gasteiger partial charge in [-0.3, -0.25) is 4.90 Å². The highest BCUT2D eigenvalue weighted by molar-refractivity contribution is 5.89. The predicted octanol–water partition coefficient (Wildman–Crippen LogP) is 2.47. The SMILES string of the molecule is COCCOc1ccc(NC(=O)N2CCN(Cc3ccc(OC)c(OC)c3)CC2)cn1. The van der Waals surface area contributed by atoms with Gasteiger partial charge in [-0.1, -0.05) is 6.07 Å². The molecular formula is C22H30N4O5. The summed E-state index contributed by atoms with van der Waals surface area (Å²) in [6.07, 6.45) is 1.59.